The minimum absolute atomic E-state index is 0.0561. The number of ether oxygens (including phenoxy) is 1. The normalized spacial score (nSPS) is 11.0. The third-order valence-corrected chi connectivity index (χ3v) is 3.09. The van der Waals surface area contributed by atoms with Crippen LogP contribution in [0.4, 0.5) is 19.1 Å². The van der Waals surface area contributed by atoms with E-state index in [-0.39, 0.29) is 22.7 Å². The van der Waals surface area contributed by atoms with Crippen molar-refractivity contribution in [2.24, 2.45) is 0 Å². The Bertz CT molecular complexity index is 845. The number of rotatable bonds is 2. The average Bonchev–Trinajstić information content (AvgIpc) is 2.75. The van der Waals surface area contributed by atoms with Gasteiger partial charge in [0.1, 0.15) is 22.9 Å². The molecule has 0 saturated heterocycles. The Morgan fingerprint density at radius 2 is 1.86 bits per heavy atom. The molecular weight excluding hydrogens is 283 g/mol. The fourth-order valence-corrected chi connectivity index (χ4v) is 2.21. The number of hydrogen-bond donors (Lipinski definition) is 1. The number of hydrogen-bond acceptors (Lipinski definition) is 3. The number of nitrogen functional groups attached to an aromatic ring is 1. The monoisotopic (exact) mass is 293 g/mol. The molecule has 21 heavy (non-hydrogen) atoms. The van der Waals surface area contributed by atoms with Crippen molar-refractivity contribution in [2.45, 2.75) is 0 Å². The molecule has 4 nitrogen and oxygen atoms in total. The SMILES string of the molecule is COc1cc(F)ccc1-n1c(N)nc2c(F)cc(F)cc21. The smallest absolute Gasteiger partial charge is 0.206 e. The van der Waals surface area contributed by atoms with Gasteiger partial charge in [0.15, 0.2) is 5.82 Å². The molecule has 0 aliphatic heterocycles. The number of nitrogens with two attached hydrogens (primary N) is 1. The largest absolute Gasteiger partial charge is 0.494 e. The molecule has 108 valence electrons. The Kier molecular flexibility index (Phi) is 2.97. The number of nitrogens with zero attached hydrogens (tertiary/aromatic N) is 2. The second-order valence-electron chi connectivity index (χ2n) is 4.38. The summed E-state index contributed by atoms with van der Waals surface area (Å²) >= 11 is 0. The fourth-order valence-electron chi connectivity index (χ4n) is 2.21. The summed E-state index contributed by atoms with van der Waals surface area (Å²) in [7, 11) is 1.36. The van der Waals surface area contributed by atoms with Gasteiger partial charge in [-0.2, -0.15) is 0 Å². The number of aromatic nitrogens is 2. The van der Waals surface area contributed by atoms with Gasteiger partial charge in [-0.25, -0.2) is 18.2 Å². The molecule has 2 aromatic carbocycles. The van der Waals surface area contributed by atoms with Crippen LogP contribution >= 0.6 is 0 Å². The highest BCUT2D eigenvalue weighted by atomic mass is 19.1. The molecule has 0 atom stereocenters. The van der Waals surface area contributed by atoms with Gasteiger partial charge in [0, 0.05) is 18.2 Å². The van der Waals surface area contributed by atoms with Crippen LogP contribution in [0.5, 0.6) is 5.75 Å². The molecule has 2 N–H and O–H groups in total. The summed E-state index contributed by atoms with van der Waals surface area (Å²) in [6, 6.07) is 5.56. The van der Waals surface area contributed by atoms with E-state index in [1.54, 1.807) is 0 Å². The van der Waals surface area contributed by atoms with E-state index in [1.165, 1.54) is 23.8 Å². The number of benzene rings is 2. The molecule has 0 unspecified atom stereocenters. The van der Waals surface area contributed by atoms with Crippen LogP contribution in [0.15, 0.2) is 30.3 Å². The molecule has 0 radical (unpaired) electrons. The van der Waals surface area contributed by atoms with Crippen molar-refractivity contribution < 1.29 is 17.9 Å². The Balaban J connectivity index is 2.37. The van der Waals surface area contributed by atoms with Gasteiger partial charge >= 0.3 is 0 Å². The highest BCUT2D eigenvalue weighted by Gasteiger charge is 2.18. The van der Waals surface area contributed by atoms with E-state index in [0.29, 0.717) is 5.69 Å². The van der Waals surface area contributed by atoms with Gasteiger partial charge in [0.25, 0.3) is 0 Å². The van der Waals surface area contributed by atoms with Crippen LogP contribution in [-0.2, 0) is 0 Å². The summed E-state index contributed by atoms with van der Waals surface area (Å²) < 4.78 is 46.8. The molecule has 0 spiro atoms. The number of imidazole rings is 1. The van der Waals surface area contributed by atoms with Crippen LogP contribution in [-0.4, -0.2) is 16.7 Å². The maximum Gasteiger partial charge on any atom is 0.206 e. The summed E-state index contributed by atoms with van der Waals surface area (Å²) in [5.74, 6) is -1.97. The van der Waals surface area contributed by atoms with Crippen molar-refractivity contribution in [1.82, 2.24) is 9.55 Å². The number of halogens is 3. The Labute approximate surface area is 117 Å². The summed E-state index contributed by atoms with van der Waals surface area (Å²) in [6.45, 7) is 0. The van der Waals surface area contributed by atoms with Gasteiger partial charge < -0.3 is 10.5 Å². The molecular formula is C14H10F3N3O. The van der Waals surface area contributed by atoms with E-state index in [2.05, 4.69) is 4.98 Å². The summed E-state index contributed by atoms with van der Waals surface area (Å²) in [4.78, 5) is 3.88. The first-order chi connectivity index (χ1) is 10.0. The second-order valence-corrected chi connectivity index (χ2v) is 4.38. The van der Waals surface area contributed by atoms with E-state index in [1.807, 2.05) is 0 Å². The fraction of sp³-hybridized carbons (Fsp3) is 0.0714. The van der Waals surface area contributed by atoms with Gasteiger partial charge in [-0.1, -0.05) is 0 Å². The molecule has 0 bridgehead atoms. The summed E-state index contributed by atoms with van der Waals surface area (Å²) in [6.07, 6.45) is 0. The topological polar surface area (TPSA) is 53.1 Å². The minimum Gasteiger partial charge on any atom is -0.494 e. The van der Waals surface area contributed by atoms with Gasteiger partial charge in [0.2, 0.25) is 5.95 Å². The Morgan fingerprint density at radius 1 is 1.10 bits per heavy atom. The summed E-state index contributed by atoms with van der Waals surface area (Å²) in [5.41, 5.74) is 6.18. The van der Waals surface area contributed by atoms with E-state index >= 15 is 0 Å². The van der Waals surface area contributed by atoms with Crippen LogP contribution in [0.3, 0.4) is 0 Å². The third kappa shape index (κ3) is 2.06. The lowest BCUT2D eigenvalue weighted by molar-refractivity contribution is 0.409. The van der Waals surface area contributed by atoms with Gasteiger partial charge in [-0.3, -0.25) is 4.57 Å². The van der Waals surface area contributed by atoms with Crippen molar-refractivity contribution in [2.75, 3.05) is 12.8 Å². The Morgan fingerprint density at radius 3 is 2.57 bits per heavy atom. The molecule has 1 aromatic heterocycles. The zero-order chi connectivity index (χ0) is 15.1. The maximum atomic E-state index is 13.7. The average molecular weight is 293 g/mol. The van der Waals surface area contributed by atoms with Gasteiger partial charge in [-0.05, 0) is 12.1 Å². The van der Waals surface area contributed by atoms with E-state index in [4.69, 9.17) is 10.5 Å². The highest BCUT2D eigenvalue weighted by Crippen LogP contribution is 2.31. The highest BCUT2D eigenvalue weighted by molar-refractivity contribution is 5.82. The van der Waals surface area contributed by atoms with Crippen LogP contribution in [0.1, 0.15) is 0 Å². The van der Waals surface area contributed by atoms with Crippen molar-refractivity contribution in [1.29, 1.82) is 0 Å². The number of anilines is 1. The molecule has 3 aromatic rings. The van der Waals surface area contributed by atoms with Crippen LogP contribution < -0.4 is 10.5 Å². The minimum atomic E-state index is -0.823. The lowest BCUT2D eigenvalue weighted by Gasteiger charge is -2.11. The summed E-state index contributed by atoms with van der Waals surface area (Å²) in [5, 5.41) is 0. The molecule has 0 amide bonds. The van der Waals surface area contributed by atoms with Crippen molar-refractivity contribution >= 4 is 17.0 Å². The Hall–Kier alpha value is -2.70. The maximum absolute atomic E-state index is 13.7. The quantitative estimate of drug-likeness (QED) is 0.790. The molecule has 3 rings (SSSR count). The van der Waals surface area contributed by atoms with E-state index in [0.717, 1.165) is 18.2 Å². The molecule has 7 heteroatoms. The third-order valence-electron chi connectivity index (χ3n) is 3.09. The lowest BCUT2D eigenvalue weighted by Crippen LogP contribution is -2.03. The van der Waals surface area contributed by atoms with Crippen LogP contribution in [0.2, 0.25) is 0 Å². The first-order valence-corrected chi connectivity index (χ1v) is 5.98. The molecule has 1 heterocycles. The predicted octanol–water partition coefficient (Wildman–Crippen LogP) is 3.03. The standard InChI is InChI=1S/C14H10F3N3O/c1-21-12-6-7(15)2-3-10(12)20-11-5-8(16)4-9(17)13(11)19-14(20)18/h2-6H,1H3,(H2,18,19). The zero-order valence-corrected chi connectivity index (χ0v) is 10.9. The zero-order valence-electron chi connectivity index (χ0n) is 10.9. The van der Waals surface area contributed by atoms with Gasteiger partial charge in [0.05, 0.1) is 18.3 Å². The molecule has 0 aliphatic carbocycles. The second kappa shape index (κ2) is 4.69. The van der Waals surface area contributed by atoms with Crippen molar-refractivity contribution in [3.05, 3.63) is 47.8 Å². The molecule has 0 aliphatic rings. The molecule has 0 fully saturated rings. The molecule has 0 saturated carbocycles. The first kappa shape index (κ1) is 13.3. The van der Waals surface area contributed by atoms with Gasteiger partial charge in [-0.15, -0.1) is 0 Å². The van der Waals surface area contributed by atoms with Crippen molar-refractivity contribution in [3.63, 3.8) is 0 Å². The van der Waals surface area contributed by atoms with Crippen LogP contribution in [0, 0.1) is 17.5 Å². The van der Waals surface area contributed by atoms with Crippen molar-refractivity contribution in [3.8, 4) is 11.4 Å². The lowest BCUT2D eigenvalue weighted by atomic mass is 10.2. The number of methoxy groups -OCH3 is 1. The van der Waals surface area contributed by atoms with Crippen LogP contribution in [0.25, 0.3) is 16.7 Å². The van der Waals surface area contributed by atoms with E-state index < -0.39 is 17.5 Å². The first-order valence-electron chi connectivity index (χ1n) is 5.98. The van der Waals surface area contributed by atoms with E-state index in [9.17, 15) is 13.2 Å². The predicted molar refractivity (Wildman–Crippen MR) is 71.9 cm³/mol. The number of fused-ring (bicyclic) bond motifs is 1.